The second kappa shape index (κ2) is 5.28. The van der Waals surface area contributed by atoms with Gasteiger partial charge in [0.15, 0.2) is 5.84 Å². The lowest BCUT2D eigenvalue weighted by atomic mass is 10.0. The van der Waals surface area contributed by atoms with Gasteiger partial charge >= 0.3 is 0 Å². The molecule has 122 valence electrons. The minimum absolute atomic E-state index is 0.190. The van der Waals surface area contributed by atoms with Crippen molar-refractivity contribution >= 4 is 17.9 Å². The molecule has 0 bridgehead atoms. The highest BCUT2D eigenvalue weighted by Gasteiger charge is 2.61. The van der Waals surface area contributed by atoms with E-state index in [0.717, 1.165) is 11.2 Å². The summed E-state index contributed by atoms with van der Waals surface area (Å²) >= 11 is 0. The third-order valence-electron chi connectivity index (χ3n) is 3.99. The van der Waals surface area contributed by atoms with E-state index in [2.05, 4.69) is 15.0 Å². The van der Waals surface area contributed by atoms with Gasteiger partial charge in [0, 0.05) is 0 Å². The zero-order chi connectivity index (χ0) is 16.1. The molecule has 9 nitrogen and oxygen atoms in total. The Morgan fingerprint density at radius 1 is 1.45 bits per heavy atom. The highest BCUT2D eigenvalue weighted by molar-refractivity contribution is 6.46. The van der Waals surface area contributed by atoms with Gasteiger partial charge in [-0.15, -0.1) is 0 Å². The molecule has 0 spiro atoms. The Morgan fingerprint density at radius 2 is 2.18 bits per heavy atom. The third-order valence-corrected chi connectivity index (χ3v) is 3.99. The molecule has 5 atom stereocenters. The van der Waals surface area contributed by atoms with Crippen molar-refractivity contribution in [1.82, 2.24) is 4.90 Å². The number of amidine groups is 1. The maximum absolute atomic E-state index is 13.8. The average molecular weight is 319 g/mol. The molecule has 0 radical (unpaired) electrons. The number of aliphatic hydroxyl groups excluding tert-OH is 3. The molecule has 11 heteroatoms. The molecule has 3 aliphatic heterocycles. The highest BCUT2D eigenvalue weighted by Crippen LogP contribution is 2.38. The predicted molar refractivity (Wildman–Crippen MR) is 70.8 cm³/mol. The van der Waals surface area contributed by atoms with E-state index in [1.54, 1.807) is 0 Å². The molecule has 0 amide bonds. The Morgan fingerprint density at radius 3 is 2.77 bits per heavy atom. The SMILES string of the molecule is NC1=NC=NC2(C(F)F)C1=NCN2[C@@H]1O[C@H](CO)[C@@H](O)[C@H]1O. The zero-order valence-electron chi connectivity index (χ0n) is 11.3. The van der Waals surface area contributed by atoms with Crippen LogP contribution in [0.5, 0.6) is 0 Å². The van der Waals surface area contributed by atoms with Gasteiger partial charge in [0.2, 0.25) is 5.66 Å². The summed E-state index contributed by atoms with van der Waals surface area (Å²) in [7, 11) is 0. The molecule has 1 saturated heterocycles. The Labute approximate surface area is 123 Å². The predicted octanol–water partition coefficient (Wildman–Crippen LogP) is -2.50. The Kier molecular flexibility index (Phi) is 3.69. The van der Waals surface area contributed by atoms with Crippen molar-refractivity contribution in [2.24, 2.45) is 20.7 Å². The van der Waals surface area contributed by atoms with Crippen LogP contribution in [0.25, 0.3) is 0 Å². The summed E-state index contributed by atoms with van der Waals surface area (Å²) in [6.07, 6.45) is -7.42. The van der Waals surface area contributed by atoms with Crippen molar-refractivity contribution in [1.29, 1.82) is 0 Å². The van der Waals surface area contributed by atoms with Crippen LogP contribution < -0.4 is 5.73 Å². The van der Waals surface area contributed by atoms with Crippen LogP contribution in [-0.4, -0.2) is 88.0 Å². The van der Waals surface area contributed by atoms with Crippen molar-refractivity contribution < 1.29 is 28.8 Å². The second-order valence-electron chi connectivity index (χ2n) is 5.13. The number of alkyl halides is 2. The van der Waals surface area contributed by atoms with Crippen LogP contribution in [0.1, 0.15) is 0 Å². The molecule has 0 aromatic heterocycles. The maximum Gasteiger partial charge on any atom is 0.282 e. The smallest absolute Gasteiger partial charge is 0.282 e. The van der Waals surface area contributed by atoms with E-state index in [0.29, 0.717) is 0 Å². The third kappa shape index (κ3) is 1.90. The van der Waals surface area contributed by atoms with Crippen molar-refractivity contribution in [3.8, 4) is 0 Å². The van der Waals surface area contributed by atoms with Crippen molar-refractivity contribution in [2.75, 3.05) is 13.3 Å². The van der Waals surface area contributed by atoms with E-state index in [-0.39, 0.29) is 18.2 Å². The van der Waals surface area contributed by atoms with E-state index in [4.69, 9.17) is 15.6 Å². The number of aliphatic hydroxyl groups is 3. The van der Waals surface area contributed by atoms with Gasteiger partial charge in [-0.2, -0.15) is 0 Å². The fourth-order valence-corrected chi connectivity index (χ4v) is 2.85. The maximum atomic E-state index is 13.8. The van der Waals surface area contributed by atoms with E-state index in [9.17, 15) is 19.0 Å². The van der Waals surface area contributed by atoms with Crippen LogP contribution in [0.2, 0.25) is 0 Å². The topological polar surface area (TPSA) is 136 Å². The summed E-state index contributed by atoms with van der Waals surface area (Å²) in [6.45, 7) is -0.829. The number of hydrogen-bond acceptors (Lipinski definition) is 9. The molecular formula is C11H15F2N5O4. The van der Waals surface area contributed by atoms with Gasteiger partial charge in [0.05, 0.1) is 13.3 Å². The minimum Gasteiger partial charge on any atom is -0.394 e. The lowest BCUT2D eigenvalue weighted by Gasteiger charge is -2.39. The lowest BCUT2D eigenvalue weighted by molar-refractivity contribution is -0.141. The van der Waals surface area contributed by atoms with Crippen molar-refractivity contribution in [3.05, 3.63) is 0 Å². The number of fused-ring (bicyclic) bond motifs is 1. The first-order valence-electron chi connectivity index (χ1n) is 6.53. The molecule has 0 aromatic rings. The van der Waals surface area contributed by atoms with Crippen molar-refractivity contribution in [3.63, 3.8) is 0 Å². The Bertz CT molecular complexity index is 557. The van der Waals surface area contributed by atoms with E-state index in [1.807, 2.05) is 0 Å². The molecular weight excluding hydrogens is 304 g/mol. The highest BCUT2D eigenvalue weighted by atomic mass is 19.3. The first-order chi connectivity index (χ1) is 10.4. The molecule has 0 saturated carbocycles. The quantitative estimate of drug-likeness (QED) is 0.454. The summed E-state index contributed by atoms with van der Waals surface area (Å²) in [5, 5.41) is 28.9. The van der Waals surface area contributed by atoms with E-state index in [1.165, 1.54) is 0 Å². The van der Waals surface area contributed by atoms with Gasteiger partial charge in [0.1, 0.15) is 36.6 Å². The van der Waals surface area contributed by atoms with Gasteiger partial charge in [-0.1, -0.05) is 0 Å². The summed E-state index contributed by atoms with van der Waals surface area (Å²) in [4.78, 5) is 12.3. The molecule has 1 unspecified atom stereocenters. The standard InChI is InChI=1S/C11H15F2N5O4/c12-10(13)11-7(8(14)15-2-17-11)16-3-18(11)9-6(21)5(20)4(1-19)22-9/h2,4-6,9-10,19-21H,1,3H2,(H2,14,15,17)/t4-,5-,6-,9-,11?/m1/s1. The second-order valence-corrected chi connectivity index (χ2v) is 5.13. The number of aliphatic imine (C=N–C) groups is 3. The number of halogens is 2. The fraction of sp³-hybridized carbons (Fsp3) is 0.727. The number of nitrogens with zero attached hydrogens (tertiary/aromatic N) is 4. The molecule has 3 heterocycles. The van der Waals surface area contributed by atoms with Gasteiger partial charge in [0.25, 0.3) is 6.43 Å². The lowest BCUT2D eigenvalue weighted by Crippen LogP contribution is -2.63. The molecule has 3 aliphatic rings. The molecule has 3 rings (SSSR count). The van der Waals surface area contributed by atoms with E-state index >= 15 is 0 Å². The Balaban J connectivity index is 1.96. The molecule has 0 aromatic carbocycles. The molecule has 5 N–H and O–H groups in total. The first-order valence-corrected chi connectivity index (χ1v) is 6.53. The minimum atomic E-state index is -3.01. The first kappa shape index (κ1) is 15.4. The normalized spacial score (nSPS) is 41.7. The monoisotopic (exact) mass is 319 g/mol. The van der Waals surface area contributed by atoms with Gasteiger partial charge < -0.3 is 25.8 Å². The number of hydrogen-bond donors (Lipinski definition) is 4. The summed E-state index contributed by atoms with van der Waals surface area (Å²) in [5.74, 6) is -0.190. The number of rotatable bonds is 3. The van der Waals surface area contributed by atoms with Crippen LogP contribution in [-0.2, 0) is 4.74 Å². The van der Waals surface area contributed by atoms with Crippen molar-refractivity contribution in [2.45, 2.75) is 36.6 Å². The van der Waals surface area contributed by atoms with E-state index < -0.39 is 43.2 Å². The van der Waals surface area contributed by atoms with Crippen LogP contribution in [0.15, 0.2) is 15.0 Å². The van der Waals surface area contributed by atoms with Gasteiger partial charge in [-0.05, 0) is 0 Å². The largest absolute Gasteiger partial charge is 0.394 e. The molecule has 1 fully saturated rings. The number of nitrogens with two attached hydrogens (primary N) is 1. The van der Waals surface area contributed by atoms with Crippen LogP contribution in [0.4, 0.5) is 8.78 Å². The average Bonchev–Trinajstić information content (AvgIpc) is 3.01. The number of ether oxygens (including phenoxy) is 1. The van der Waals surface area contributed by atoms with Gasteiger partial charge in [-0.25, -0.2) is 23.7 Å². The van der Waals surface area contributed by atoms with Crippen LogP contribution >= 0.6 is 0 Å². The Hall–Kier alpha value is -1.53. The fourth-order valence-electron chi connectivity index (χ4n) is 2.85. The summed E-state index contributed by atoms with van der Waals surface area (Å²) in [6, 6.07) is 0. The molecule has 22 heavy (non-hydrogen) atoms. The zero-order valence-corrected chi connectivity index (χ0v) is 11.3. The van der Waals surface area contributed by atoms with Crippen LogP contribution in [0.3, 0.4) is 0 Å². The molecule has 0 aliphatic carbocycles. The van der Waals surface area contributed by atoms with Gasteiger partial charge in [-0.3, -0.25) is 4.99 Å². The van der Waals surface area contributed by atoms with Crippen LogP contribution in [0, 0.1) is 0 Å². The summed E-state index contributed by atoms with van der Waals surface area (Å²) in [5.41, 5.74) is 3.17. The summed E-state index contributed by atoms with van der Waals surface area (Å²) < 4.78 is 32.8.